The van der Waals surface area contributed by atoms with Crippen LogP contribution >= 0.6 is 0 Å². The van der Waals surface area contributed by atoms with E-state index in [1.165, 1.54) is 24.0 Å². The van der Waals surface area contributed by atoms with Crippen molar-refractivity contribution in [3.05, 3.63) is 29.3 Å². The summed E-state index contributed by atoms with van der Waals surface area (Å²) in [6.07, 6.45) is 3.55. The Morgan fingerprint density at radius 1 is 1.50 bits per heavy atom. The highest BCUT2D eigenvalue weighted by atomic mass is 16.5. The molecule has 1 aliphatic rings. The molecule has 0 fully saturated rings. The van der Waals surface area contributed by atoms with Gasteiger partial charge in [-0.2, -0.15) is 0 Å². The van der Waals surface area contributed by atoms with E-state index in [-0.39, 0.29) is 0 Å². The van der Waals surface area contributed by atoms with Gasteiger partial charge in [0.1, 0.15) is 5.75 Å². The fraction of sp³-hybridized carbons (Fsp3) is 0.500. The smallest absolute Gasteiger partial charge is 0.119 e. The first-order chi connectivity index (χ1) is 6.85. The summed E-state index contributed by atoms with van der Waals surface area (Å²) in [7, 11) is 1.72. The van der Waals surface area contributed by atoms with Crippen LogP contribution in [0.3, 0.4) is 0 Å². The number of hydrogen-bond donors (Lipinski definition) is 1. The van der Waals surface area contributed by atoms with Gasteiger partial charge in [-0.1, -0.05) is 6.07 Å². The van der Waals surface area contributed by atoms with Crippen LogP contribution in [-0.4, -0.2) is 13.7 Å². The molecule has 0 aromatic heterocycles. The zero-order chi connectivity index (χ0) is 9.97. The number of rotatable bonds is 3. The van der Waals surface area contributed by atoms with Gasteiger partial charge in [0.05, 0.1) is 7.11 Å². The van der Waals surface area contributed by atoms with Crippen LogP contribution < -0.4 is 10.5 Å². The summed E-state index contributed by atoms with van der Waals surface area (Å²) in [5.41, 5.74) is 8.53. The molecule has 1 aromatic carbocycles. The lowest BCUT2D eigenvalue weighted by Crippen LogP contribution is -2.04. The minimum atomic E-state index is 0.657. The highest BCUT2D eigenvalue weighted by Crippen LogP contribution is 2.36. The van der Waals surface area contributed by atoms with Crippen molar-refractivity contribution < 1.29 is 4.74 Å². The number of fused-ring (bicyclic) bond motifs is 1. The molecule has 2 heteroatoms. The third kappa shape index (κ3) is 1.62. The molecule has 0 saturated carbocycles. The first-order valence-corrected chi connectivity index (χ1v) is 5.22. The predicted molar refractivity (Wildman–Crippen MR) is 57.7 cm³/mol. The van der Waals surface area contributed by atoms with Gasteiger partial charge in [0, 0.05) is 0 Å². The van der Waals surface area contributed by atoms with E-state index in [2.05, 4.69) is 12.1 Å². The Kier molecular flexibility index (Phi) is 2.73. The van der Waals surface area contributed by atoms with Crippen molar-refractivity contribution >= 4 is 0 Å². The van der Waals surface area contributed by atoms with E-state index in [0.717, 1.165) is 18.7 Å². The van der Waals surface area contributed by atoms with Crippen molar-refractivity contribution in [2.45, 2.75) is 25.2 Å². The molecule has 0 aliphatic heterocycles. The number of hydrogen-bond acceptors (Lipinski definition) is 2. The Morgan fingerprint density at radius 2 is 2.36 bits per heavy atom. The van der Waals surface area contributed by atoms with Crippen LogP contribution in [0.2, 0.25) is 0 Å². The van der Waals surface area contributed by atoms with Gasteiger partial charge in [-0.05, 0) is 55.0 Å². The minimum absolute atomic E-state index is 0.657. The third-order valence-corrected chi connectivity index (χ3v) is 3.07. The molecule has 0 bridgehead atoms. The maximum absolute atomic E-state index is 5.60. The Morgan fingerprint density at radius 3 is 3.07 bits per heavy atom. The van der Waals surface area contributed by atoms with Crippen LogP contribution in [0.4, 0.5) is 0 Å². The molecule has 0 amide bonds. The second-order valence-corrected chi connectivity index (χ2v) is 3.88. The molecular weight excluding hydrogens is 174 g/mol. The monoisotopic (exact) mass is 191 g/mol. The molecule has 0 unspecified atom stereocenters. The van der Waals surface area contributed by atoms with Gasteiger partial charge in [-0.25, -0.2) is 0 Å². The van der Waals surface area contributed by atoms with Crippen LogP contribution in [0.25, 0.3) is 0 Å². The van der Waals surface area contributed by atoms with Crippen LogP contribution in [-0.2, 0) is 6.42 Å². The molecule has 76 valence electrons. The SMILES string of the molecule is COc1ccc2c(c1)[C@@H](CCN)CC2. The van der Waals surface area contributed by atoms with E-state index in [9.17, 15) is 0 Å². The summed E-state index contributed by atoms with van der Waals surface area (Å²) in [4.78, 5) is 0. The number of ether oxygens (including phenoxy) is 1. The van der Waals surface area contributed by atoms with Crippen molar-refractivity contribution in [2.24, 2.45) is 5.73 Å². The maximum Gasteiger partial charge on any atom is 0.119 e. The lowest BCUT2D eigenvalue weighted by molar-refractivity contribution is 0.414. The Hall–Kier alpha value is -1.02. The molecule has 0 spiro atoms. The molecule has 2 N–H and O–H groups in total. The highest BCUT2D eigenvalue weighted by Gasteiger charge is 2.21. The summed E-state index contributed by atoms with van der Waals surface area (Å²) in [6, 6.07) is 6.40. The molecule has 1 aliphatic carbocycles. The van der Waals surface area contributed by atoms with Crippen LogP contribution in [0.5, 0.6) is 5.75 Å². The Balaban J connectivity index is 2.27. The lowest BCUT2D eigenvalue weighted by Gasteiger charge is -2.10. The predicted octanol–water partition coefficient (Wildman–Crippen LogP) is 2.07. The summed E-state index contributed by atoms with van der Waals surface area (Å²) >= 11 is 0. The molecule has 0 heterocycles. The van der Waals surface area contributed by atoms with E-state index in [1.54, 1.807) is 7.11 Å². The van der Waals surface area contributed by atoms with Crippen molar-refractivity contribution in [1.29, 1.82) is 0 Å². The van der Waals surface area contributed by atoms with E-state index in [1.807, 2.05) is 6.07 Å². The normalized spacial score (nSPS) is 19.4. The standard InChI is InChI=1S/C12H17NO/c1-14-11-5-4-9-2-3-10(6-7-13)12(9)8-11/h4-5,8,10H,2-3,6-7,13H2,1H3/t10-/m1/s1. The zero-order valence-corrected chi connectivity index (χ0v) is 8.62. The van der Waals surface area contributed by atoms with Gasteiger partial charge in [0.2, 0.25) is 0 Å². The van der Waals surface area contributed by atoms with E-state index < -0.39 is 0 Å². The highest BCUT2D eigenvalue weighted by molar-refractivity contribution is 5.41. The maximum atomic E-state index is 5.60. The molecule has 1 atom stereocenters. The first kappa shape index (κ1) is 9.53. The third-order valence-electron chi connectivity index (χ3n) is 3.07. The molecule has 0 radical (unpaired) electrons. The van der Waals surface area contributed by atoms with Crippen LogP contribution in [0, 0.1) is 0 Å². The van der Waals surface area contributed by atoms with Gasteiger partial charge in [-0.15, -0.1) is 0 Å². The van der Waals surface area contributed by atoms with Crippen molar-refractivity contribution in [2.75, 3.05) is 13.7 Å². The topological polar surface area (TPSA) is 35.2 Å². The van der Waals surface area contributed by atoms with E-state index in [0.29, 0.717) is 5.92 Å². The molecule has 2 rings (SSSR count). The summed E-state index contributed by atoms with van der Waals surface area (Å²) in [5, 5.41) is 0. The average molecular weight is 191 g/mol. The minimum Gasteiger partial charge on any atom is -0.497 e. The molecular formula is C12H17NO. The van der Waals surface area contributed by atoms with Gasteiger partial charge in [-0.3, -0.25) is 0 Å². The zero-order valence-electron chi connectivity index (χ0n) is 8.62. The number of nitrogens with two attached hydrogens (primary N) is 1. The average Bonchev–Trinajstić information content (AvgIpc) is 2.61. The summed E-state index contributed by atoms with van der Waals surface area (Å²) in [6.45, 7) is 0.779. The lowest BCUT2D eigenvalue weighted by atomic mass is 9.98. The Bertz CT molecular complexity index is 320. The fourth-order valence-corrected chi connectivity index (χ4v) is 2.29. The van der Waals surface area contributed by atoms with Crippen LogP contribution in [0.15, 0.2) is 18.2 Å². The van der Waals surface area contributed by atoms with Gasteiger partial charge < -0.3 is 10.5 Å². The molecule has 1 aromatic rings. The van der Waals surface area contributed by atoms with Gasteiger partial charge in [0.25, 0.3) is 0 Å². The van der Waals surface area contributed by atoms with Gasteiger partial charge in [0.15, 0.2) is 0 Å². The second kappa shape index (κ2) is 4.01. The quantitative estimate of drug-likeness (QED) is 0.793. The molecule has 14 heavy (non-hydrogen) atoms. The van der Waals surface area contributed by atoms with Crippen molar-refractivity contribution in [3.63, 3.8) is 0 Å². The van der Waals surface area contributed by atoms with Crippen LogP contribution in [0.1, 0.15) is 29.9 Å². The molecule has 0 saturated heterocycles. The largest absolute Gasteiger partial charge is 0.497 e. The van der Waals surface area contributed by atoms with E-state index in [4.69, 9.17) is 10.5 Å². The number of benzene rings is 1. The number of methoxy groups -OCH3 is 1. The second-order valence-electron chi connectivity index (χ2n) is 3.88. The first-order valence-electron chi connectivity index (χ1n) is 5.22. The summed E-state index contributed by atoms with van der Waals surface area (Å²) < 4.78 is 5.23. The number of aryl methyl sites for hydroxylation is 1. The van der Waals surface area contributed by atoms with Crippen molar-refractivity contribution in [1.82, 2.24) is 0 Å². The van der Waals surface area contributed by atoms with Crippen molar-refractivity contribution in [3.8, 4) is 5.75 Å². The fourth-order valence-electron chi connectivity index (χ4n) is 2.29. The Labute approximate surface area is 85.1 Å². The molecule has 2 nitrogen and oxygen atoms in total. The van der Waals surface area contributed by atoms with E-state index >= 15 is 0 Å². The summed E-state index contributed by atoms with van der Waals surface area (Å²) in [5.74, 6) is 1.62. The van der Waals surface area contributed by atoms with Gasteiger partial charge >= 0.3 is 0 Å².